The molecule has 1 aliphatic rings. The quantitative estimate of drug-likeness (QED) is 0.499. The lowest BCUT2D eigenvalue weighted by molar-refractivity contribution is -0.118. The molecule has 180 valence electrons. The summed E-state index contributed by atoms with van der Waals surface area (Å²) in [5.41, 5.74) is 3.74. The number of pyridine rings is 1. The first-order valence-electron chi connectivity index (χ1n) is 12.2. The van der Waals surface area contributed by atoms with Crippen molar-refractivity contribution >= 4 is 17.4 Å². The van der Waals surface area contributed by atoms with Crippen LogP contribution in [0.25, 0.3) is 0 Å². The van der Waals surface area contributed by atoms with Gasteiger partial charge in [-0.15, -0.1) is 0 Å². The molecule has 7 nitrogen and oxygen atoms in total. The molecule has 1 aromatic heterocycles. The van der Waals surface area contributed by atoms with Crippen molar-refractivity contribution in [2.75, 3.05) is 49.5 Å². The van der Waals surface area contributed by atoms with E-state index in [2.05, 4.69) is 38.4 Å². The predicted octanol–water partition coefficient (Wildman–Crippen LogP) is 3.61. The number of nitrogens with zero attached hydrogens (tertiary/aromatic N) is 4. The molecule has 7 heteroatoms. The van der Waals surface area contributed by atoms with Crippen LogP contribution in [0.1, 0.15) is 29.7 Å². The Morgan fingerprint density at radius 1 is 1.03 bits per heavy atom. The van der Waals surface area contributed by atoms with Crippen molar-refractivity contribution < 1.29 is 4.79 Å². The van der Waals surface area contributed by atoms with Gasteiger partial charge in [0.15, 0.2) is 0 Å². The lowest BCUT2D eigenvalue weighted by Crippen LogP contribution is -2.46. The second kappa shape index (κ2) is 12.1. The topological polar surface area (TPSA) is 84.3 Å². The molecule has 1 aliphatic heterocycles. The van der Waals surface area contributed by atoms with Gasteiger partial charge in [-0.05, 0) is 48.4 Å². The Labute approximate surface area is 207 Å². The number of amides is 1. The van der Waals surface area contributed by atoms with Gasteiger partial charge in [0.05, 0.1) is 23.5 Å². The summed E-state index contributed by atoms with van der Waals surface area (Å²) in [6.45, 7) is 7.99. The van der Waals surface area contributed by atoms with E-state index >= 15 is 0 Å². The van der Waals surface area contributed by atoms with E-state index in [-0.39, 0.29) is 5.91 Å². The second-order valence-electron chi connectivity index (χ2n) is 8.67. The smallest absolute Gasteiger partial charge is 0.247 e. The molecule has 0 radical (unpaired) electrons. The van der Waals surface area contributed by atoms with Gasteiger partial charge in [0.25, 0.3) is 0 Å². The molecule has 0 saturated carbocycles. The SMILES string of the molecule is CCN1CCN(c2ccc(NC(=O)C(NCCc3ccc(C#N)cc3)c3ccccc3)nc2)CC1. The fourth-order valence-corrected chi connectivity index (χ4v) is 4.28. The van der Waals surface area contributed by atoms with Gasteiger partial charge < -0.3 is 20.4 Å². The lowest BCUT2D eigenvalue weighted by Gasteiger charge is -2.35. The zero-order chi connectivity index (χ0) is 24.5. The Morgan fingerprint density at radius 2 is 1.77 bits per heavy atom. The maximum absolute atomic E-state index is 13.2. The first kappa shape index (κ1) is 24.4. The summed E-state index contributed by atoms with van der Waals surface area (Å²) in [5.74, 6) is 0.397. The molecule has 0 spiro atoms. The van der Waals surface area contributed by atoms with Gasteiger partial charge in [-0.25, -0.2) is 4.98 Å². The Hall–Kier alpha value is -3.73. The number of carbonyl (C=O) groups excluding carboxylic acids is 1. The third-order valence-corrected chi connectivity index (χ3v) is 6.42. The number of piperazine rings is 1. The number of anilines is 2. The van der Waals surface area contributed by atoms with Crippen LogP contribution in [0.15, 0.2) is 72.9 Å². The minimum atomic E-state index is -0.502. The number of nitriles is 1. The number of hydrogen-bond acceptors (Lipinski definition) is 6. The number of likely N-dealkylation sites (N-methyl/N-ethyl adjacent to an activating group) is 1. The molecular formula is C28H32N6O. The zero-order valence-corrected chi connectivity index (χ0v) is 20.2. The molecule has 2 aromatic carbocycles. The Balaban J connectivity index is 1.37. The molecule has 35 heavy (non-hydrogen) atoms. The van der Waals surface area contributed by atoms with Crippen LogP contribution in [0.2, 0.25) is 0 Å². The van der Waals surface area contributed by atoms with E-state index in [1.165, 1.54) is 0 Å². The Morgan fingerprint density at radius 3 is 2.40 bits per heavy atom. The molecular weight excluding hydrogens is 436 g/mol. The normalized spacial score (nSPS) is 14.8. The standard InChI is InChI=1S/C28H32N6O/c1-2-33-16-18-34(19-17-33)25-12-13-26(31-21-25)32-28(35)27(24-6-4-3-5-7-24)30-15-14-22-8-10-23(20-29)11-9-22/h3-13,21,27,30H,2,14-19H2,1H3,(H,31,32,35). The third kappa shape index (κ3) is 6.66. The van der Waals surface area contributed by atoms with Crippen LogP contribution in [-0.2, 0) is 11.2 Å². The highest BCUT2D eigenvalue weighted by Gasteiger charge is 2.21. The summed E-state index contributed by atoms with van der Waals surface area (Å²) in [5, 5.41) is 15.3. The number of benzene rings is 2. The molecule has 1 saturated heterocycles. The molecule has 1 fully saturated rings. The molecule has 2 N–H and O–H groups in total. The van der Waals surface area contributed by atoms with E-state index in [0.29, 0.717) is 17.9 Å². The van der Waals surface area contributed by atoms with Gasteiger partial charge in [-0.2, -0.15) is 5.26 Å². The van der Waals surface area contributed by atoms with Crippen molar-refractivity contribution in [3.05, 3.63) is 89.6 Å². The summed E-state index contributed by atoms with van der Waals surface area (Å²) in [6, 6.07) is 22.8. The van der Waals surface area contributed by atoms with Crippen LogP contribution in [0.5, 0.6) is 0 Å². The largest absolute Gasteiger partial charge is 0.368 e. The lowest BCUT2D eigenvalue weighted by atomic mass is 10.1. The summed E-state index contributed by atoms with van der Waals surface area (Å²) < 4.78 is 0. The van der Waals surface area contributed by atoms with Gasteiger partial charge >= 0.3 is 0 Å². The van der Waals surface area contributed by atoms with Crippen LogP contribution in [0.4, 0.5) is 11.5 Å². The van der Waals surface area contributed by atoms with Crippen molar-refractivity contribution in [1.82, 2.24) is 15.2 Å². The van der Waals surface area contributed by atoms with Crippen molar-refractivity contribution in [3.63, 3.8) is 0 Å². The Bertz CT molecular complexity index is 1120. The van der Waals surface area contributed by atoms with Crippen LogP contribution in [0, 0.1) is 11.3 Å². The number of carbonyl (C=O) groups is 1. The minimum Gasteiger partial charge on any atom is -0.368 e. The number of nitrogens with one attached hydrogen (secondary N) is 2. The van der Waals surface area contributed by atoms with Gasteiger partial charge in [0.2, 0.25) is 5.91 Å². The first-order chi connectivity index (χ1) is 17.2. The van der Waals surface area contributed by atoms with Crippen molar-refractivity contribution in [1.29, 1.82) is 5.26 Å². The average molecular weight is 469 g/mol. The van der Waals surface area contributed by atoms with E-state index in [1.807, 2.05) is 72.9 Å². The van der Waals surface area contributed by atoms with Gasteiger partial charge in [0, 0.05) is 32.7 Å². The second-order valence-corrected chi connectivity index (χ2v) is 8.67. The maximum Gasteiger partial charge on any atom is 0.247 e. The number of aromatic nitrogens is 1. The molecule has 3 aromatic rings. The summed E-state index contributed by atoms with van der Waals surface area (Å²) >= 11 is 0. The van der Waals surface area contributed by atoms with E-state index in [0.717, 1.165) is 56.0 Å². The van der Waals surface area contributed by atoms with E-state index in [9.17, 15) is 4.79 Å². The van der Waals surface area contributed by atoms with Crippen molar-refractivity contribution in [3.8, 4) is 6.07 Å². The first-order valence-corrected chi connectivity index (χ1v) is 12.2. The van der Waals surface area contributed by atoms with Crippen molar-refractivity contribution in [2.24, 2.45) is 0 Å². The Kier molecular flexibility index (Phi) is 8.44. The zero-order valence-electron chi connectivity index (χ0n) is 20.2. The van der Waals surface area contributed by atoms with Crippen LogP contribution >= 0.6 is 0 Å². The summed E-state index contributed by atoms with van der Waals surface area (Å²) in [7, 11) is 0. The average Bonchev–Trinajstić information content (AvgIpc) is 2.92. The molecule has 1 unspecified atom stereocenters. The van der Waals surface area contributed by atoms with Gasteiger partial charge in [-0.3, -0.25) is 4.79 Å². The molecule has 0 aliphatic carbocycles. The number of hydrogen-bond donors (Lipinski definition) is 2. The molecule has 2 heterocycles. The van der Waals surface area contributed by atoms with Gasteiger partial charge in [-0.1, -0.05) is 49.4 Å². The maximum atomic E-state index is 13.2. The molecule has 4 rings (SSSR count). The van der Waals surface area contributed by atoms with E-state index < -0.39 is 6.04 Å². The summed E-state index contributed by atoms with van der Waals surface area (Å²) in [6.07, 6.45) is 2.59. The third-order valence-electron chi connectivity index (χ3n) is 6.42. The molecule has 0 bridgehead atoms. The van der Waals surface area contributed by atoms with E-state index in [1.54, 1.807) is 0 Å². The predicted molar refractivity (Wildman–Crippen MR) is 139 cm³/mol. The highest BCUT2D eigenvalue weighted by molar-refractivity contribution is 5.94. The highest BCUT2D eigenvalue weighted by Crippen LogP contribution is 2.19. The van der Waals surface area contributed by atoms with Crippen molar-refractivity contribution in [2.45, 2.75) is 19.4 Å². The van der Waals surface area contributed by atoms with Crippen LogP contribution in [-0.4, -0.2) is 55.1 Å². The van der Waals surface area contributed by atoms with E-state index in [4.69, 9.17) is 5.26 Å². The fourth-order valence-electron chi connectivity index (χ4n) is 4.28. The van der Waals surface area contributed by atoms with Crippen LogP contribution < -0.4 is 15.5 Å². The molecule has 1 amide bonds. The number of rotatable bonds is 9. The summed E-state index contributed by atoms with van der Waals surface area (Å²) in [4.78, 5) is 22.5. The van der Waals surface area contributed by atoms with Gasteiger partial charge in [0.1, 0.15) is 11.9 Å². The van der Waals surface area contributed by atoms with Crippen LogP contribution in [0.3, 0.4) is 0 Å². The minimum absolute atomic E-state index is 0.146. The monoisotopic (exact) mass is 468 g/mol. The fraction of sp³-hybridized carbons (Fsp3) is 0.321. The molecule has 1 atom stereocenters. The highest BCUT2D eigenvalue weighted by atomic mass is 16.2.